The minimum atomic E-state index is 0.0122. The SMILES string of the molecule is CCOc1ccc(COc2ccc(C=CCO)cc2OC)cc1. The Balaban J connectivity index is 2.03. The van der Waals surface area contributed by atoms with E-state index in [9.17, 15) is 0 Å². The lowest BCUT2D eigenvalue weighted by Gasteiger charge is -2.12. The highest BCUT2D eigenvalue weighted by molar-refractivity contribution is 5.55. The zero-order valence-corrected chi connectivity index (χ0v) is 13.5. The van der Waals surface area contributed by atoms with Gasteiger partial charge in [0.2, 0.25) is 0 Å². The van der Waals surface area contributed by atoms with E-state index < -0.39 is 0 Å². The molecule has 0 atom stereocenters. The number of ether oxygens (including phenoxy) is 3. The Bertz CT molecular complexity index is 632. The van der Waals surface area contributed by atoms with Crippen LogP contribution in [0.3, 0.4) is 0 Å². The van der Waals surface area contributed by atoms with Gasteiger partial charge in [-0.2, -0.15) is 0 Å². The normalized spacial score (nSPS) is 10.7. The molecule has 4 nitrogen and oxygen atoms in total. The van der Waals surface area contributed by atoms with Crippen molar-refractivity contribution >= 4 is 6.08 Å². The molecule has 0 saturated heterocycles. The van der Waals surface area contributed by atoms with Crippen molar-refractivity contribution in [2.24, 2.45) is 0 Å². The predicted molar refractivity (Wildman–Crippen MR) is 91.1 cm³/mol. The van der Waals surface area contributed by atoms with E-state index in [4.69, 9.17) is 19.3 Å². The van der Waals surface area contributed by atoms with E-state index in [1.54, 1.807) is 13.2 Å². The topological polar surface area (TPSA) is 47.9 Å². The number of benzene rings is 2. The number of rotatable bonds is 8. The summed E-state index contributed by atoms with van der Waals surface area (Å²) in [6.45, 7) is 3.08. The van der Waals surface area contributed by atoms with Crippen molar-refractivity contribution in [2.45, 2.75) is 13.5 Å². The molecule has 0 unspecified atom stereocenters. The number of hydrogen-bond donors (Lipinski definition) is 1. The Labute approximate surface area is 136 Å². The Hall–Kier alpha value is -2.46. The van der Waals surface area contributed by atoms with Crippen LogP contribution >= 0.6 is 0 Å². The van der Waals surface area contributed by atoms with E-state index in [1.807, 2.05) is 55.5 Å². The fourth-order valence-corrected chi connectivity index (χ4v) is 2.11. The molecule has 0 radical (unpaired) electrons. The monoisotopic (exact) mass is 314 g/mol. The molecular weight excluding hydrogens is 292 g/mol. The molecule has 23 heavy (non-hydrogen) atoms. The summed E-state index contributed by atoms with van der Waals surface area (Å²) in [5.74, 6) is 2.20. The first kappa shape index (κ1) is 16.9. The fraction of sp³-hybridized carbons (Fsp3) is 0.263. The lowest BCUT2D eigenvalue weighted by atomic mass is 10.2. The average molecular weight is 314 g/mol. The van der Waals surface area contributed by atoms with Crippen molar-refractivity contribution in [3.63, 3.8) is 0 Å². The highest BCUT2D eigenvalue weighted by Crippen LogP contribution is 2.29. The highest BCUT2D eigenvalue weighted by atomic mass is 16.5. The third-order valence-corrected chi connectivity index (χ3v) is 3.23. The molecule has 0 heterocycles. The number of hydrogen-bond acceptors (Lipinski definition) is 4. The zero-order valence-electron chi connectivity index (χ0n) is 13.5. The summed E-state index contributed by atoms with van der Waals surface area (Å²) in [6.07, 6.45) is 3.51. The molecule has 0 aliphatic rings. The Kier molecular flexibility index (Phi) is 6.51. The summed E-state index contributed by atoms with van der Waals surface area (Å²) in [5.41, 5.74) is 2.00. The number of aliphatic hydroxyl groups excluding tert-OH is 1. The fourth-order valence-electron chi connectivity index (χ4n) is 2.11. The van der Waals surface area contributed by atoms with Crippen molar-refractivity contribution in [1.29, 1.82) is 0 Å². The van der Waals surface area contributed by atoms with Crippen LogP contribution in [0.5, 0.6) is 17.2 Å². The van der Waals surface area contributed by atoms with Gasteiger partial charge in [0.25, 0.3) is 0 Å². The van der Waals surface area contributed by atoms with Gasteiger partial charge < -0.3 is 19.3 Å². The highest BCUT2D eigenvalue weighted by Gasteiger charge is 2.05. The second-order valence-electron chi connectivity index (χ2n) is 4.86. The smallest absolute Gasteiger partial charge is 0.161 e. The molecule has 2 aromatic carbocycles. The second kappa shape index (κ2) is 8.86. The van der Waals surface area contributed by atoms with Gasteiger partial charge in [-0.25, -0.2) is 0 Å². The summed E-state index contributed by atoms with van der Waals surface area (Å²) in [4.78, 5) is 0. The Morgan fingerprint density at radius 3 is 2.43 bits per heavy atom. The first-order chi connectivity index (χ1) is 11.3. The van der Waals surface area contributed by atoms with E-state index in [2.05, 4.69) is 0 Å². The van der Waals surface area contributed by atoms with Gasteiger partial charge in [-0.3, -0.25) is 0 Å². The molecule has 2 aromatic rings. The van der Waals surface area contributed by atoms with Crippen LogP contribution in [0, 0.1) is 0 Å². The molecule has 0 fully saturated rings. The van der Waals surface area contributed by atoms with Gasteiger partial charge in [-0.1, -0.05) is 30.4 Å². The lowest BCUT2D eigenvalue weighted by molar-refractivity contribution is 0.284. The zero-order chi connectivity index (χ0) is 16.5. The third-order valence-electron chi connectivity index (χ3n) is 3.23. The quantitative estimate of drug-likeness (QED) is 0.807. The summed E-state index contributed by atoms with van der Waals surface area (Å²) in [7, 11) is 1.61. The molecule has 0 aliphatic carbocycles. The minimum Gasteiger partial charge on any atom is -0.494 e. The maximum atomic E-state index is 8.82. The van der Waals surface area contributed by atoms with E-state index in [1.165, 1.54) is 0 Å². The first-order valence-electron chi connectivity index (χ1n) is 7.56. The molecular formula is C19H22O4. The number of methoxy groups -OCH3 is 1. The van der Waals surface area contributed by atoms with Gasteiger partial charge in [0.05, 0.1) is 20.3 Å². The van der Waals surface area contributed by atoms with Crippen LogP contribution in [0.4, 0.5) is 0 Å². The van der Waals surface area contributed by atoms with Crippen molar-refractivity contribution < 1.29 is 19.3 Å². The molecule has 4 heteroatoms. The molecule has 0 bridgehead atoms. The van der Waals surface area contributed by atoms with Crippen LogP contribution < -0.4 is 14.2 Å². The molecule has 0 saturated carbocycles. The molecule has 2 rings (SSSR count). The van der Waals surface area contributed by atoms with Crippen molar-refractivity contribution in [2.75, 3.05) is 20.3 Å². The largest absolute Gasteiger partial charge is 0.494 e. The van der Waals surface area contributed by atoms with Gasteiger partial charge in [0.1, 0.15) is 12.4 Å². The van der Waals surface area contributed by atoms with E-state index in [-0.39, 0.29) is 6.61 Å². The van der Waals surface area contributed by atoms with Gasteiger partial charge >= 0.3 is 0 Å². The Morgan fingerprint density at radius 2 is 1.78 bits per heavy atom. The second-order valence-corrected chi connectivity index (χ2v) is 4.86. The summed E-state index contributed by atoms with van der Waals surface area (Å²) in [6, 6.07) is 13.5. The summed E-state index contributed by atoms with van der Waals surface area (Å²) in [5, 5.41) is 8.82. The van der Waals surface area contributed by atoms with Gasteiger partial charge in [0, 0.05) is 0 Å². The molecule has 0 aromatic heterocycles. The van der Waals surface area contributed by atoms with Crippen molar-refractivity contribution in [1.82, 2.24) is 0 Å². The van der Waals surface area contributed by atoms with Crippen LogP contribution in [-0.4, -0.2) is 25.4 Å². The molecule has 0 spiro atoms. The molecule has 0 aliphatic heterocycles. The van der Waals surface area contributed by atoms with Gasteiger partial charge in [-0.15, -0.1) is 0 Å². The van der Waals surface area contributed by atoms with Crippen LogP contribution in [0.2, 0.25) is 0 Å². The summed E-state index contributed by atoms with van der Waals surface area (Å²) < 4.78 is 16.6. The maximum Gasteiger partial charge on any atom is 0.161 e. The standard InChI is InChI=1S/C19H22O4/c1-3-22-17-9-6-16(7-10-17)14-23-18-11-8-15(5-4-12-20)13-19(18)21-2/h4-11,13,20H,3,12,14H2,1-2H3. The van der Waals surface area contributed by atoms with Crippen LogP contribution in [0.25, 0.3) is 6.08 Å². The van der Waals surface area contributed by atoms with Crippen LogP contribution in [0.15, 0.2) is 48.5 Å². The third kappa shape index (κ3) is 5.04. The van der Waals surface area contributed by atoms with Crippen molar-refractivity contribution in [3.8, 4) is 17.2 Å². The lowest BCUT2D eigenvalue weighted by Crippen LogP contribution is -1.98. The van der Waals surface area contributed by atoms with Crippen LogP contribution in [0.1, 0.15) is 18.1 Å². The summed E-state index contributed by atoms with van der Waals surface area (Å²) >= 11 is 0. The number of aliphatic hydroxyl groups is 1. The first-order valence-corrected chi connectivity index (χ1v) is 7.56. The van der Waals surface area contributed by atoms with Crippen LogP contribution in [-0.2, 0) is 6.61 Å². The Morgan fingerprint density at radius 1 is 1.00 bits per heavy atom. The average Bonchev–Trinajstić information content (AvgIpc) is 2.60. The van der Waals surface area contributed by atoms with E-state index >= 15 is 0 Å². The van der Waals surface area contributed by atoms with E-state index in [0.29, 0.717) is 24.7 Å². The molecule has 1 N–H and O–H groups in total. The predicted octanol–water partition coefficient (Wildman–Crippen LogP) is 3.68. The molecule has 0 amide bonds. The van der Waals surface area contributed by atoms with Gasteiger partial charge in [0.15, 0.2) is 11.5 Å². The maximum absolute atomic E-state index is 8.82. The van der Waals surface area contributed by atoms with Gasteiger partial charge in [-0.05, 0) is 42.3 Å². The minimum absolute atomic E-state index is 0.0122. The van der Waals surface area contributed by atoms with Crippen molar-refractivity contribution in [3.05, 3.63) is 59.7 Å². The van der Waals surface area contributed by atoms with E-state index in [0.717, 1.165) is 16.9 Å². The molecule has 122 valence electrons.